The fourth-order valence-corrected chi connectivity index (χ4v) is 2.91. The first-order valence-corrected chi connectivity index (χ1v) is 8.17. The van der Waals surface area contributed by atoms with Gasteiger partial charge in [-0.2, -0.15) is 0 Å². The molecule has 1 amide bonds. The summed E-state index contributed by atoms with van der Waals surface area (Å²) < 4.78 is 11.0. The maximum Gasteiger partial charge on any atom is 0.255 e. The van der Waals surface area contributed by atoms with E-state index in [1.165, 1.54) is 0 Å². The Bertz CT molecular complexity index is 475. The highest BCUT2D eigenvalue weighted by Gasteiger charge is 2.27. The highest BCUT2D eigenvalue weighted by molar-refractivity contribution is 9.09. The van der Waals surface area contributed by atoms with E-state index in [1.807, 2.05) is 6.92 Å². The minimum Gasteiger partial charge on any atom is -0.486 e. The summed E-state index contributed by atoms with van der Waals surface area (Å²) >= 11 is 6.81. The summed E-state index contributed by atoms with van der Waals surface area (Å²) in [6.07, 6.45) is 0. The molecule has 0 saturated carbocycles. The first kappa shape index (κ1) is 14.7. The monoisotopic (exact) mass is 391 g/mol. The summed E-state index contributed by atoms with van der Waals surface area (Å²) in [7, 11) is 0. The largest absolute Gasteiger partial charge is 0.486 e. The normalized spacial score (nSPS) is 14.1. The number of rotatable bonds is 4. The number of hydrogen-bond donors (Lipinski definition) is 1. The average molecular weight is 393 g/mol. The molecule has 1 aliphatic rings. The minimum atomic E-state index is -0.352. The molecule has 0 spiro atoms. The molecule has 1 aromatic rings. The molecule has 1 aliphatic heterocycles. The Hall–Kier alpha value is -0.750. The molecule has 0 atom stereocenters. The second-order valence-corrected chi connectivity index (χ2v) is 5.73. The van der Waals surface area contributed by atoms with E-state index in [-0.39, 0.29) is 11.4 Å². The van der Waals surface area contributed by atoms with Crippen LogP contribution in [-0.4, -0.2) is 35.3 Å². The molecule has 0 bridgehead atoms. The molecule has 0 radical (unpaired) electrons. The first-order valence-electron chi connectivity index (χ1n) is 5.93. The van der Waals surface area contributed by atoms with Gasteiger partial charge in [0.25, 0.3) is 5.91 Å². The molecule has 1 aromatic carbocycles. The fraction of sp³-hybridized carbons (Fsp3) is 0.462. The van der Waals surface area contributed by atoms with Crippen molar-refractivity contribution < 1.29 is 14.3 Å². The number of amides is 1. The number of hydrogen-bond acceptors (Lipinski definition) is 3. The van der Waals surface area contributed by atoms with Gasteiger partial charge in [0.05, 0.1) is 11.1 Å². The van der Waals surface area contributed by atoms with Crippen molar-refractivity contribution in [1.82, 2.24) is 5.32 Å². The van der Waals surface area contributed by atoms with Crippen LogP contribution < -0.4 is 14.8 Å². The van der Waals surface area contributed by atoms with Gasteiger partial charge in [-0.15, -0.1) is 0 Å². The molecule has 0 aliphatic carbocycles. The number of ether oxygens (including phenoxy) is 2. The third kappa shape index (κ3) is 3.23. The number of halogens is 2. The Morgan fingerprint density at radius 2 is 2.00 bits per heavy atom. The first-order chi connectivity index (χ1) is 9.09. The average Bonchev–Trinajstić information content (AvgIpc) is 2.46. The van der Waals surface area contributed by atoms with Crippen LogP contribution in [0, 0.1) is 0 Å². The molecular formula is C13H15Br2NO3. The summed E-state index contributed by atoms with van der Waals surface area (Å²) in [5.74, 6) is 0.986. The van der Waals surface area contributed by atoms with Crippen molar-refractivity contribution in [3.63, 3.8) is 0 Å². The van der Waals surface area contributed by atoms with Gasteiger partial charge in [0.1, 0.15) is 13.2 Å². The molecule has 0 fully saturated rings. The van der Waals surface area contributed by atoms with Gasteiger partial charge in [-0.3, -0.25) is 4.79 Å². The van der Waals surface area contributed by atoms with Crippen molar-refractivity contribution in [3.8, 4) is 11.5 Å². The quantitative estimate of drug-likeness (QED) is 0.801. The Morgan fingerprint density at radius 3 is 2.68 bits per heavy atom. The zero-order valence-electron chi connectivity index (χ0n) is 10.5. The summed E-state index contributed by atoms with van der Waals surface area (Å²) in [4.78, 5) is 12.4. The molecule has 6 heteroatoms. The van der Waals surface area contributed by atoms with Crippen molar-refractivity contribution in [2.24, 2.45) is 0 Å². The zero-order valence-corrected chi connectivity index (χ0v) is 13.7. The number of nitrogens with one attached hydrogen (secondary N) is 1. The van der Waals surface area contributed by atoms with Crippen molar-refractivity contribution in [3.05, 3.63) is 23.8 Å². The summed E-state index contributed by atoms with van der Waals surface area (Å²) in [6, 6.07) is 5.34. The van der Waals surface area contributed by atoms with E-state index < -0.39 is 0 Å². The second-order valence-electron chi connectivity index (χ2n) is 4.61. The predicted octanol–water partition coefficient (Wildman–Crippen LogP) is 2.74. The molecule has 19 heavy (non-hydrogen) atoms. The highest BCUT2D eigenvalue weighted by atomic mass is 79.9. The lowest BCUT2D eigenvalue weighted by molar-refractivity contribution is 0.0912. The van der Waals surface area contributed by atoms with Crippen LogP contribution >= 0.6 is 31.9 Å². The van der Waals surface area contributed by atoms with Crippen LogP contribution in [0.25, 0.3) is 0 Å². The van der Waals surface area contributed by atoms with E-state index >= 15 is 0 Å². The smallest absolute Gasteiger partial charge is 0.255 e. The Morgan fingerprint density at radius 1 is 1.32 bits per heavy atom. The van der Waals surface area contributed by atoms with E-state index in [0.29, 0.717) is 40.9 Å². The Balaban J connectivity index is 2.25. The molecular weight excluding hydrogens is 378 g/mol. The molecule has 1 heterocycles. The van der Waals surface area contributed by atoms with Gasteiger partial charge in [0.15, 0.2) is 11.5 Å². The van der Waals surface area contributed by atoms with Crippen LogP contribution in [-0.2, 0) is 0 Å². The number of fused-ring (bicyclic) bond motifs is 1. The van der Waals surface area contributed by atoms with Crippen LogP contribution in [0.3, 0.4) is 0 Å². The molecule has 1 N–H and O–H groups in total. The molecule has 2 rings (SSSR count). The van der Waals surface area contributed by atoms with E-state index in [1.54, 1.807) is 18.2 Å². The van der Waals surface area contributed by atoms with Crippen molar-refractivity contribution in [1.29, 1.82) is 0 Å². The number of carbonyl (C=O) groups is 1. The second kappa shape index (κ2) is 6.13. The molecule has 104 valence electrons. The lowest BCUT2D eigenvalue weighted by atomic mass is 10.1. The third-order valence-electron chi connectivity index (χ3n) is 2.82. The van der Waals surface area contributed by atoms with Gasteiger partial charge in [-0.25, -0.2) is 0 Å². The van der Waals surface area contributed by atoms with Crippen molar-refractivity contribution in [2.75, 3.05) is 23.9 Å². The molecule has 0 saturated heterocycles. The van der Waals surface area contributed by atoms with Crippen molar-refractivity contribution >= 4 is 37.8 Å². The van der Waals surface area contributed by atoms with Crippen LogP contribution in [0.15, 0.2) is 18.2 Å². The Labute approximate surface area is 129 Å². The van der Waals surface area contributed by atoms with E-state index in [4.69, 9.17) is 9.47 Å². The minimum absolute atomic E-state index is 0.163. The van der Waals surface area contributed by atoms with Crippen LogP contribution in [0.4, 0.5) is 0 Å². The van der Waals surface area contributed by atoms with Gasteiger partial charge in [0.2, 0.25) is 0 Å². The Kier molecular flexibility index (Phi) is 4.73. The highest BCUT2D eigenvalue weighted by Crippen LogP contribution is 2.33. The number of benzene rings is 1. The van der Waals surface area contributed by atoms with Gasteiger partial charge >= 0.3 is 0 Å². The van der Waals surface area contributed by atoms with E-state index in [9.17, 15) is 4.79 Å². The van der Waals surface area contributed by atoms with Crippen molar-refractivity contribution in [2.45, 2.75) is 12.5 Å². The lowest BCUT2D eigenvalue weighted by Crippen LogP contribution is -2.49. The van der Waals surface area contributed by atoms with Gasteiger partial charge in [-0.1, -0.05) is 37.9 Å². The van der Waals surface area contributed by atoms with Crippen LogP contribution in [0.2, 0.25) is 0 Å². The van der Waals surface area contributed by atoms with Crippen LogP contribution in [0.5, 0.6) is 11.5 Å². The fourth-order valence-electron chi connectivity index (χ4n) is 1.70. The van der Waals surface area contributed by atoms with Gasteiger partial charge in [0, 0.05) is 10.7 Å². The molecule has 0 unspecified atom stereocenters. The summed E-state index contributed by atoms with van der Waals surface area (Å²) in [6.45, 7) is 2.94. The number of alkyl halides is 2. The van der Waals surface area contributed by atoms with Gasteiger partial charge in [-0.05, 0) is 19.1 Å². The summed E-state index contributed by atoms with van der Waals surface area (Å²) in [5, 5.41) is 4.30. The zero-order chi connectivity index (χ0) is 13.9. The standard InChI is InChI=1S/C13H15Br2NO3/c1-13(7-14,8-15)16-12(17)9-3-2-4-10-11(9)19-6-5-18-10/h2-4H,5-8H2,1H3,(H,16,17). The third-order valence-corrected chi connectivity index (χ3v) is 5.29. The maximum absolute atomic E-state index is 12.4. The van der Waals surface area contributed by atoms with E-state index in [0.717, 1.165) is 0 Å². The lowest BCUT2D eigenvalue weighted by Gasteiger charge is -2.27. The van der Waals surface area contributed by atoms with Gasteiger partial charge < -0.3 is 14.8 Å². The maximum atomic E-state index is 12.4. The molecule has 0 aromatic heterocycles. The number of para-hydroxylation sites is 1. The SMILES string of the molecule is CC(CBr)(CBr)NC(=O)c1cccc2c1OCCO2. The number of carbonyl (C=O) groups excluding carboxylic acids is 1. The van der Waals surface area contributed by atoms with E-state index in [2.05, 4.69) is 37.2 Å². The summed E-state index contributed by atoms with van der Waals surface area (Å²) in [5.41, 5.74) is 0.153. The predicted molar refractivity (Wildman–Crippen MR) is 80.9 cm³/mol. The topological polar surface area (TPSA) is 47.6 Å². The molecule has 4 nitrogen and oxygen atoms in total. The van der Waals surface area contributed by atoms with Crippen LogP contribution in [0.1, 0.15) is 17.3 Å².